The zero-order valence-electron chi connectivity index (χ0n) is 18.2. The molecule has 5 rings (SSSR count). The van der Waals surface area contributed by atoms with E-state index in [0.29, 0.717) is 49.8 Å². The van der Waals surface area contributed by atoms with Crippen LogP contribution in [-0.2, 0) is 16.1 Å². The first-order valence-electron chi connectivity index (χ1n) is 10.9. The van der Waals surface area contributed by atoms with E-state index in [0.717, 1.165) is 10.0 Å². The number of amides is 1. The van der Waals surface area contributed by atoms with Crippen molar-refractivity contribution < 1.29 is 24.2 Å². The first-order chi connectivity index (χ1) is 16.5. The zero-order valence-corrected chi connectivity index (χ0v) is 19.8. The molecule has 1 atom stereocenters. The summed E-state index contributed by atoms with van der Waals surface area (Å²) in [6.07, 6.45) is 5.88. The molecule has 1 aromatic heterocycles. The van der Waals surface area contributed by atoms with E-state index in [-0.39, 0.29) is 11.3 Å². The average molecular weight is 524 g/mol. The summed E-state index contributed by atoms with van der Waals surface area (Å²) < 4.78 is 14.0. The number of likely N-dealkylation sites (tertiary alicyclic amines) is 1. The molecule has 3 aromatic rings. The third kappa shape index (κ3) is 4.19. The number of hydrogen-bond acceptors (Lipinski definition) is 6. The Kier molecular flexibility index (Phi) is 6.10. The Labute approximate surface area is 204 Å². The van der Waals surface area contributed by atoms with E-state index in [1.54, 1.807) is 30.7 Å². The molecular weight excluding hydrogens is 502 g/mol. The van der Waals surface area contributed by atoms with Crippen LogP contribution >= 0.6 is 15.9 Å². The molecule has 3 heterocycles. The summed E-state index contributed by atoms with van der Waals surface area (Å²) in [5.41, 5.74) is 1.19. The number of imidazole rings is 1. The van der Waals surface area contributed by atoms with Gasteiger partial charge in [-0.2, -0.15) is 0 Å². The van der Waals surface area contributed by atoms with Crippen LogP contribution in [0.3, 0.4) is 0 Å². The lowest BCUT2D eigenvalue weighted by Gasteiger charge is -2.25. The van der Waals surface area contributed by atoms with Gasteiger partial charge in [0, 0.05) is 35.5 Å². The predicted octanol–water partition coefficient (Wildman–Crippen LogP) is 3.93. The Bertz CT molecular complexity index is 1250. The monoisotopic (exact) mass is 523 g/mol. The number of aryl methyl sites for hydroxylation is 1. The summed E-state index contributed by atoms with van der Waals surface area (Å²) in [6, 6.07) is 11.7. The van der Waals surface area contributed by atoms with Crippen molar-refractivity contribution in [2.24, 2.45) is 0 Å². The van der Waals surface area contributed by atoms with Crippen molar-refractivity contribution in [3.05, 3.63) is 82.4 Å². The van der Waals surface area contributed by atoms with Crippen LogP contribution in [0, 0.1) is 0 Å². The van der Waals surface area contributed by atoms with Gasteiger partial charge in [-0.3, -0.25) is 9.59 Å². The van der Waals surface area contributed by atoms with Crippen molar-refractivity contribution >= 4 is 33.4 Å². The molecular formula is C25H22BrN3O5. The van der Waals surface area contributed by atoms with Gasteiger partial charge in [0.1, 0.15) is 19.0 Å². The molecule has 0 aliphatic carbocycles. The molecule has 0 saturated carbocycles. The number of ketones is 1. The lowest BCUT2D eigenvalue weighted by molar-refractivity contribution is -0.139. The highest BCUT2D eigenvalue weighted by molar-refractivity contribution is 9.10. The molecule has 0 unspecified atom stereocenters. The largest absolute Gasteiger partial charge is 0.507 e. The van der Waals surface area contributed by atoms with Gasteiger partial charge < -0.3 is 24.0 Å². The number of halogens is 1. The van der Waals surface area contributed by atoms with Crippen LogP contribution in [0.15, 0.2) is 71.2 Å². The number of nitrogens with zero attached hydrogens (tertiary/aromatic N) is 3. The smallest absolute Gasteiger partial charge is 0.295 e. The topological polar surface area (TPSA) is 93.9 Å². The Balaban J connectivity index is 1.53. The molecule has 1 fully saturated rings. The molecule has 0 bridgehead atoms. The highest BCUT2D eigenvalue weighted by Gasteiger charge is 2.45. The van der Waals surface area contributed by atoms with Gasteiger partial charge in [-0.15, -0.1) is 0 Å². The Morgan fingerprint density at radius 3 is 2.56 bits per heavy atom. The molecule has 0 spiro atoms. The molecule has 34 heavy (non-hydrogen) atoms. The minimum atomic E-state index is -0.706. The SMILES string of the molecule is O=C1C(=O)N(CCCn2ccnc2)[C@H](c2ccc(Br)cc2)/C1=C(\O)c1ccc2c(c1)OCCO2. The summed E-state index contributed by atoms with van der Waals surface area (Å²) in [7, 11) is 0. The number of aliphatic hydroxyl groups is 1. The van der Waals surface area contributed by atoms with Crippen LogP contribution < -0.4 is 9.47 Å². The normalized spacial score (nSPS) is 19.0. The van der Waals surface area contributed by atoms with Crippen molar-refractivity contribution in [1.29, 1.82) is 0 Å². The number of aromatic nitrogens is 2. The number of fused-ring (bicyclic) bond motifs is 1. The van der Waals surface area contributed by atoms with Crippen molar-refractivity contribution in [3.63, 3.8) is 0 Å². The molecule has 2 aliphatic rings. The Hall–Kier alpha value is -3.59. The maximum atomic E-state index is 13.2. The molecule has 2 aromatic carbocycles. The second-order valence-electron chi connectivity index (χ2n) is 8.06. The number of rotatable bonds is 6. The van der Waals surface area contributed by atoms with Gasteiger partial charge >= 0.3 is 0 Å². The molecule has 1 N–H and O–H groups in total. The van der Waals surface area contributed by atoms with E-state index in [1.165, 1.54) is 4.90 Å². The van der Waals surface area contributed by atoms with Crippen LogP contribution in [0.4, 0.5) is 0 Å². The van der Waals surface area contributed by atoms with Crippen molar-refractivity contribution in [1.82, 2.24) is 14.5 Å². The van der Waals surface area contributed by atoms with E-state index in [1.807, 2.05) is 35.0 Å². The van der Waals surface area contributed by atoms with Crippen LogP contribution in [0.5, 0.6) is 11.5 Å². The van der Waals surface area contributed by atoms with Gasteiger partial charge in [0.15, 0.2) is 11.5 Å². The molecule has 1 saturated heterocycles. The molecule has 8 nitrogen and oxygen atoms in total. The summed E-state index contributed by atoms with van der Waals surface area (Å²) >= 11 is 3.43. The molecule has 174 valence electrons. The van der Waals surface area contributed by atoms with Crippen LogP contribution in [0.1, 0.15) is 23.6 Å². The van der Waals surface area contributed by atoms with E-state index in [4.69, 9.17) is 9.47 Å². The van der Waals surface area contributed by atoms with E-state index in [9.17, 15) is 14.7 Å². The number of benzene rings is 2. The van der Waals surface area contributed by atoms with E-state index in [2.05, 4.69) is 20.9 Å². The number of ether oxygens (including phenoxy) is 2. The van der Waals surface area contributed by atoms with Gasteiger partial charge in [0.2, 0.25) is 0 Å². The fraction of sp³-hybridized carbons (Fsp3) is 0.240. The second-order valence-corrected chi connectivity index (χ2v) is 8.97. The Morgan fingerprint density at radius 1 is 1.06 bits per heavy atom. The highest BCUT2D eigenvalue weighted by Crippen LogP contribution is 2.41. The number of Topliss-reactive ketones (excluding diaryl/α,β-unsaturated/α-hetero) is 1. The van der Waals surface area contributed by atoms with Gasteiger partial charge in [-0.25, -0.2) is 4.98 Å². The number of hydrogen-bond donors (Lipinski definition) is 1. The number of aliphatic hydroxyl groups excluding tert-OH is 1. The average Bonchev–Trinajstić information content (AvgIpc) is 3.46. The minimum absolute atomic E-state index is 0.0617. The van der Waals surface area contributed by atoms with E-state index >= 15 is 0 Å². The molecule has 1 amide bonds. The van der Waals surface area contributed by atoms with Crippen LogP contribution in [0.2, 0.25) is 0 Å². The molecule has 0 radical (unpaired) electrons. The first kappa shape index (κ1) is 22.2. The van der Waals surface area contributed by atoms with Crippen molar-refractivity contribution in [2.75, 3.05) is 19.8 Å². The second kappa shape index (κ2) is 9.34. The van der Waals surface area contributed by atoms with Gasteiger partial charge in [-0.1, -0.05) is 28.1 Å². The van der Waals surface area contributed by atoms with Crippen LogP contribution in [-0.4, -0.2) is 51.0 Å². The summed E-state index contributed by atoms with van der Waals surface area (Å²) in [4.78, 5) is 31.8. The van der Waals surface area contributed by atoms with Crippen molar-refractivity contribution in [3.8, 4) is 11.5 Å². The van der Waals surface area contributed by atoms with E-state index < -0.39 is 17.7 Å². The summed E-state index contributed by atoms with van der Waals surface area (Å²) in [5.74, 6) is -0.502. The fourth-order valence-electron chi connectivity index (χ4n) is 4.29. The quantitative estimate of drug-likeness (QED) is 0.299. The third-order valence-corrected chi connectivity index (χ3v) is 6.44. The molecule has 2 aliphatic heterocycles. The first-order valence-corrected chi connectivity index (χ1v) is 11.7. The summed E-state index contributed by atoms with van der Waals surface area (Å²) in [6.45, 7) is 1.85. The van der Waals surface area contributed by atoms with Gasteiger partial charge in [0.05, 0.1) is 17.9 Å². The standard InChI is InChI=1S/C25H22BrN3O5/c26-18-5-2-16(3-6-18)22-21(23(30)17-4-7-19-20(14-17)34-13-12-33-19)24(31)25(32)29(22)10-1-9-28-11-8-27-15-28/h2-8,11,14-15,22,30H,1,9-10,12-13H2/b23-21+/t22-/m1/s1. The maximum absolute atomic E-state index is 13.2. The number of carbonyl (C=O) groups is 2. The number of carbonyl (C=O) groups excluding carboxylic acids is 2. The van der Waals surface area contributed by atoms with Crippen molar-refractivity contribution in [2.45, 2.75) is 19.0 Å². The minimum Gasteiger partial charge on any atom is -0.507 e. The Morgan fingerprint density at radius 2 is 1.82 bits per heavy atom. The van der Waals surface area contributed by atoms with Gasteiger partial charge in [0.25, 0.3) is 11.7 Å². The zero-order chi connectivity index (χ0) is 23.7. The fourth-order valence-corrected chi connectivity index (χ4v) is 4.56. The molecule has 9 heteroatoms. The third-order valence-electron chi connectivity index (χ3n) is 5.92. The predicted molar refractivity (Wildman–Crippen MR) is 127 cm³/mol. The van der Waals surface area contributed by atoms with Crippen LogP contribution in [0.25, 0.3) is 5.76 Å². The maximum Gasteiger partial charge on any atom is 0.295 e. The highest BCUT2D eigenvalue weighted by atomic mass is 79.9. The lowest BCUT2D eigenvalue weighted by Crippen LogP contribution is -2.31. The summed E-state index contributed by atoms with van der Waals surface area (Å²) in [5, 5.41) is 11.3. The van der Waals surface area contributed by atoms with Gasteiger partial charge in [-0.05, 0) is 42.3 Å². The lowest BCUT2D eigenvalue weighted by atomic mass is 9.95.